The van der Waals surface area contributed by atoms with Gasteiger partial charge in [-0.25, -0.2) is 18.3 Å². The summed E-state index contributed by atoms with van der Waals surface area (Å²) in [5.41, 5.74) is 3.11. The van der Waals surface area contributed by atoms with Crippen molar-refractivity contribution in [1.82, 2.24) is 9.78 Å². The summed E-state index contributed by atoms with van der Waals surface area (Å²) in [5, 5.41) is 7.19. The van der Waals surface area contributed by atoms with E-state index >= 15 is 0 Å². The maximum Gasteiger partial charge on any atom is 0.358 e. The van der Waals surface area contributed by atoms with Gasteiger partial charge in [0.15, 0.2) is 5.69 Å². The highest BCUT2D eigenvalue weighted by atomic mass is 19.1. The zero-order valence-corrected chi connectivity index (χ0v) is 18.3. The minimum absolute atomic E-state index is 0.0883. The van der Waals surface area contributed by atoms with Crippen LogP contribution in [0.5, 0.6) is 0 Å². The molecule has 3 aromatic carbocycles. The van der Waals surface area contributed by atoms with E-state index < -0.39 is 11.8 Å². The lowest BCUT2D eigenvalue weighted by Gasteiger charge is -2.10. The molecule has 1 aromatic heterocycles. The lowest BCUT2D eigenvalue weighted by molar-refractivity contribution is -0.115. The number of carbonyl (C=O) groups is 2. The molecule has 1 N–H and O–H groups in total. The minimum Gasteiger partial charge on any atom is -0.461 e. The second-order valence-electron chi connectivity index (χ2n) is 7.46. The summed E-state index contributed by atoms with van der Waals surface area (Å²) in [6, 6.07) is 20.1. The molecule has 4 aromatic rings. The average Bonchev–Trinajstić information content (AvgIpc) is 3.27. The first kappa shape index (κ1) is 22.8. The highest BCUT2D eigenvalue weighted by molar-refractivity contribution is 5.93. The quantitative estimate of drug-likeness (QED) is 0.385. The fraction of sp³-hybridized carbons (Fsp3) is 0.115. The number of esters is 1. The van der Waals surface area contributed by atoms with Gasteiger partial charge in [0.25, 0.3) is 0 Å². The van der Waals surface area contributed by atoms with E-state index in [0.29, 0.717) is 28.2 Å². The van der Waals surface area contributed by atoms with E-state index in [-0.39, 0.29) is 30.4 Å². The first-order valence-electron chi connectivity index (χ1n) is 10.6. The predicted molar refractivity (Wildman–Crippen MR) is 124 cm³/mol. The molecule has 0 saturated heterocycles. The standard InChI is InChI=1S/C26H21F2N3O3/c1-2-34-26(33)23-16-24(31(30-23)22-12-10-20(28)11-13-22)18-4-3-5-21(15-18)29-25(32)14-17-6-8-19(27)9-7-17/h3-13,15-16H,2,14H2,1H3,(H,29,32). The number of halogens is 2. The molecule has 1 amide bonds. The van der Waals surface area contributed by atoms with Crippen molar-refractivity contribution < 1.29 is 23.1 Å². The van der Waals surface area contributed by atoms with Crippen LogP contribution in [0.3, 0.4) is 0 Å². The number of amides is 1. The first-order valence-corrected chi connectivity index (χ1v) is 10.6. The molecule has 6 nitrogen and oxygen atoms in total. The number of benzene rings is 3. The van der Waals surface area contributed by atoms with Crippen LogP contribution >= 0.6 is 0 Å². The molecule has 172 valence electrons. The molecule has 8 heteroatoms. The Bertz CT molecular complexity index is 1320. The van der Waals surface area contributed by atoms with Crippen molar-refractivity contribution >= 4 is 17.6 Å². The average molecular weight is 461 g/mol. The zero-order chi connectivity index (χ0) is 24.1. The van der Waals surface area contributed by atoms with Crippen LogP contribution in [0.15, 0.2) is 78.9 Å². The number of hydrogen-bond acceptors (Lipinski definition) is 4. The van der Waals surface area contributed by atoms with Crippen LogP contribution in [0.1, 0.15) is 23.0 Å². The Morgan fingerprint density at radius 3 is 2.29 bits per heavy atom. The zero-order valence-electron chi connectivity index (χ0n) is 18.3. The van der Waals surface area contributed by atoms with Gasteiger partial charge in [-0.1, -0.05) is 24.3 Å². The molecule has 0 radical (unpaired) electrons. The molecule has 1 heterocycles. The highest BCUT2D eigenvalue weighted by Gasteiger charge is 2.18. The summed E-state index contributed by atoms with van der Waals surface area (Å²) >= 11 is 0. The van der Waals surface area contributed by atoms with Crippen LogP contribution in [0.4, 0.5) is 14.5 Å². The Morgan fingerprint density at radius 1 is 0.941 bits per heavy atom. The monoisotopic (exact) mass is 461 g/mol. The molecule has 0 bridgehead atoms. The first-order chi connectivity index (χ1) is 16.4. The largest absolute Gasteiger partial charge is 0.461 e. The molecular weight excluding hydrogens is 440 g/mol. The van der Waals surface area contributed by atoms with Gasteiger partial charge >= 0.3 is 5.97 Å². The van der Waals surface area contributed by atoms with Gasteiger partial charge < -0.3 is 10.1 Å². The Balaban J connectivity index is 1.63. The van der Waals surface area contributed by atoms with Crippen LogP contribution in [0, 0.1) is 11.6 Å². The molecule has 0 saturated carbocycles. The van der Waals surface area contributed by atoms with Crippen molar-refractivity contribution in [3.63, 3.8) is 0 Å². The number of rotatable bonds is 7. The predicted octanol–water partition coefficient (Wildman–Crippen LogP) is 5.18. The number of nitrogens with zero attached hydrogens (tertiary/aromatic N) is 2. The Morgan fingerprint density at radius 2 is 1.62 bits per heavy atom. The van der Waals surface area contributed by atoms with E-state index in [1.165, 1.54) is 28.9 Å². The van der Waals surface area contributed by atoms with Crippen LogP contribution in [0.2, 0.25) is 0 Å². The molecule has 0 aliphatic carbocycles. The molecular formula is C26H21F2N3O3. The fourth-order valence-electron chi connectivity index (χ4n) is 3.42. The van der Waals surface area contributed by atoms with Gasteiger partial charge in [-0.15, -0.1) is 0 Å². The number of hydrogen-bond donors (Lipinski definition) is 1. The van der Waals surface area contributed by atoms with Crippen molar-refractivity contribution in [2.75, 3.05) is 11.9 Å². The van der Waals surface area contributed by atoms with Gasteiger partial charge in [0.1, 0.15) is 11.6 Å². The lowest BCUT2D eigenvalue weighted by Crippen LogP contribution is -2.14. The topological polar surface area (TPSA) is 73.2 Å². The molecule has 0 atom stereocenters. The van der Waals surface area contributed by atoms with Crippen LogP contribution in [-0.4, -0.2) is 28.3 Å². The maximum atomic E-state index is 13.4. The maximum absolute atomic E-state index is 13.4. The highest BCUT2D eigenvalue weighted by Crippen LogP contribution is 2.27. The van der Waals surface area contributed by atoms with Gasteiger partial charge in [-0.3, -0.25) is 4.79 Å². The molecule has 34 heavy (non-hydrogen) atoms. The van der Waals surface area contributed by atoms with Crippen LogP contribution < -0.4 is 5.32 Å². The van der Waals surface area contributed by atoms with E-state index in [1.54, 1.807) is 55.5 Å². The van der Waals surface area contributed by atoms with Gasteiger partial charge in [0.05, 0.1) is 24.4 Å². The number of carbonyl (C=O) groups excluding carboxylic acids is 2. The Labute approximate surface area is 194 Å². The summed E-state index contributed by atoms with van der Waals surface area (Å²) in [6.45, 7) is 1.90. The molecule has 0 spiro atoms. The number of aromatic nitrogens is 2. The summed E-state index contributed by atoms with van der Waals surface area (Å²) in [6.07, 6.45) is 0.0883. The second-order valence-corrected chi connectivity index (χ2v) is 7.46. The Kier molecular flexibility index (Phi) is 6.77. The summed E-state index contributed by atoms with van der Waals surface area (Å²) < 4.78 is 33.1. The van der Waals surface area contributed by atoms with E-state index in [0.717, 1.165) is 0 Å². The van der Waals surface area contributed by atoms with Gasteiger partial charge in [-0.2, -0.15) is 5.10 Å². The number of nitrogens with one attached hydrogen (secondary N) is 1. The van der Waals surface area contributed by atoms with E-state index in [4.69, 9.17) is 4.74 Å². The summed E-state index contributed by atoms with van der Waals surface area (Å²) in [4.78, 5) is 24.8. The van der Waals surface area contributed by atoms with E-state index in [9.17, 15) is 18.4 Å². The van der Waals surface area contributed by atoms with Crippen LogP contribution in [0.25, 0.3) is 16.9 Å². The van der Waals surface area contributed by atoms with E-state index in [2.05, 4.69) is 10.4 Å². The van der Waals surface area contributed by atoms with Gasteiger partial charge in [0.2, 0.25) is 5.91 Å². The second kappa shape index (κ2) is 10.1. The summed E-state index contributed by atoms with van der Waals surface area (Å²) in [5.74, 6) is -1.60. The number of ether oxygens (including phenoxy) is 1. The van der Waals surface area contributed by atoms with Crippen molar-refractivity contribution in [2.45, 2.75) is 13.3 Å². The smallest absolute Gasteiger partial charge is 0.358 e. The fourth-order valence-corrected chi connectivity index (χ4v) is 3.42. The van der Waals surface area contributed by atoms with E-state index in [1.807, 2.05) is 6.07 Å². The third kappa shape index (κ3) is 5.35. The van der Waals surface area contributed by atoms with Crippen molar-refractivity contribution in [2.24, 2.45) is 0 Å². The van der Waals surface area contributed by atoms with Crippen molar-refractivity contribution in [3.05, 3.63) is 102 Å². The van der Waals surface area contributed by atoms with Gasteiger partial charge in [-0.05, 0) is 67.1 Å². The minimum atomic E-state index is -0.576. The van der Waals surface area contributed by atoms with Gasteiger partial charge in [0, 0.05) is 11.3 Å². The normalized spacial score (nSPS) is 10.7. The molecule has 0 aliphatic heterocycles. The third-order valence-electron chi connectivity index (χ3n) is 4.99. The van der Waals surface area contributed by atoms with Crippen LogP contribution in [-0.2, 0) is 16.0 Å². The molecule has 4 rings (SSSR count). The molecule has 0 fully saturated rings. The summed E-state index contributed by atoms with van der Waals surface area (Å²) in [7, 11) is 0. The number of anilines is 1. The third-order valence-corrected chi connectivity index (χ3v) is 4.99. The SMILES string of the molecule is CCOC(=O)c1cc(-c2cccc(NC(=O)Cc3ccc(F)cc3)c2)n(-c2ccc(F)cc2)n1. The lowest BCUT2D eigenvalue weighted by atomic mass is 10.1. The Hall–Kier alpha value is -4.33. The van der Waals surface area contributed by atoms with Crippen molar-refractivity contribution in [1.29, 1.82) is 0 Å². The van der Waals surface area contributed by atoms with Crippen molar-refractivity contribution in [3.8, 4) is 16.9 Å². The molecule has 0 aliphatic rings. The molecule has 0 unspecified atom stereocenters.